The Hall–Kier alpha value is -2.81. The molecule has 1 amide bonds. The number of carbonyl (C=O) groups excluding carboxylic acids is 2. The van der Waals surface area contributed by atoms with E-state index in [4.69, 9.17) is 9.47 Å². The maximum atomic E-state index is 12.3. The van der Waals surface area contributed by atoms with Crippen molar-refractivity contribution in [3.63, 3.8) is 0 Å². The Kier molecular flexibility index (Phi) is 7.69. The summed E-state index contributed by atoms with van der Waals surface area (Å²) in [5.74, 6) is 1.02. The summed E-state index contributed by atoms with van der Waals surface area (Å²) < 4.78 is 10.5. The highest BCUT2D eigenvalue weighted by molar-refractivity contribution is 8.00. The Labute approximate surface area is 174 Å². The van der Waals surface area contributed by atoms with E-state index in [9.17, 15) is 9.59 Å². The van der Waals surface area contributed by atoms with E-state index in [2.05, 4.69) is 9.97 Å². The number of carbonyl (C=O) groups is 2. The van der Waals surface area contributed by atoms with Gasteiger partial charge in [-0.2, -0.15) is 0 Å². The number of hydrogen-bond donors (Lipinski definition) is 0. The standard InChI is InChI=1S/C20H24N4O4S/c1-2-27-16-4-6-17(7-5-16)29-15-19(26)28-14-18(25)23-10-12-24(13-11-23)20-21-8-3-9-22-20/h3-9H,2,10-15H2,1H3. The number of amides is 1. The Balaban J connectivity index is 1.35. The van der Waals surface area contributed by atoms with E-state index >= 15 is 0 Å². The average Bonchev–Trinajstić information content (AvgIpc) is 2.78. The third-order valence-electron chi connectivity index (χ3n) is 4.32. The molecule has 0 bridgehead atoms. The quantitative estimate of drug-likeness (QED) is 0.476. The predicted molar refractivity (Wildman–Crippen MR) is 110 cm³/mol. The molecule has 1 aliphatic heterocycles. The number of esters is 1. The van der Waals surface area contributed by atoms with Gasteiger partial charge in [-0.1, -0.05) is 0 Å². The van der Waals surface area contributed by atoms with Crippen LogP contribution in [0, 0.1) is 0 Å². The summed E-state index contributed by atoms with van der Waals surface area (Å²) in [6, 6.07) is 9.28. The summed E-state index contributed by atoms with van der Waals surface area (Å²) >= 11 is 1.36. The molecule has 1 saturated heterocycles. The second-order valence-corrected chi connectivity index (χ2v) is 7.32. The maximum Gasteiger partial charge on any atom is 0.316 e. The molecule has 8 nitrogen and oxygen atoms in total. The van der Waals surface area contributed by atoms with E-state index in [0.717, 1.165) is 10.6 Å². The zero-order valence-corrected chi connectivity index (χ0v) is 17.1. The van der Waals surface area contributed by atoms with Crippen molar-refractivity contribution in [3.8, 4) is 5.75 Å². The van der Waals surface area contributed by atoms with E-state index in [1.165, 1.54) is 11.8 Å². The summed E-state index contributed by atoms with van der Waals surface area (Å²) in [6.07, 6.45) is 3.40. The number of nitrogens with zero attached hydrogens (tertiary/aromatic N) is 4. The number of ether oxygens (including phenoxy) is 2. The highest BCUT2D eigenvalue weighted by atomic mass is 32.2. The number of aromatic nitrogens is 2. The van der Waals surface area contributed by atoms with Crippen LogP contribution in [0.2, 0.25) is 0 Å². The number of anilines is 1. The molecule has 0 saturated carbocycles. The first-order valence-electron chi connectivity index (χ1n) is 9.46. The second-order valence-electron chi connectivity index (χ2n) is 6.27. The van der Waals surface area contributed by atoms with Gasteiger partial charge in [-0.25, -0.2) is 9.97 Å². The van der Waals surface area contributed by atoms with Crippen molar-refractivity contribution in [2.24, 2.45) is 0 Å². The predicted octanol–water partition coefficient (Wildman–Crippen LogP) is 1.86. The van der Waals surface area contributed by atoms with Gasteiger partial charge in [0.1, 0.15) is 5.75 Å². The van der Waals surface area contributed by atoms with Crippen molar-refractivity contribution in [1.29, 1.82) is 0 Å². The van der Waals surface area contributed by atoms with Crippen molar-refractivity contribution in [1.82, 2.24) is 14.9 Å². The molecular formula is C20H24N4O4S. The minimum absolute atomic E-state index is 0.153. The third kappa shape index (κ3) is 6.35. The summed E-state index contributed by atoms with van der Waals surface area (Å²) in [6.45, 7) is 4.71. The SMILES string of the molecule is CCOc1ccc(SCC(=O)OCC(=O)N2CCN(c3ncccn3)CC2)cc1. The summed E-state index contributed by atoms with van der Waals surface area (Å²) in [5.41, 5.74) is 0. The van der Waals surface area contributed by atoms with Gasteiger partial charge in [-0.3, -0.25) is 9.59 Å². The molecule has 1 aromatic heterocycles. The third-order valence-corrected chi connectivity index (χ3v) is 5.30. The normalized spacial score (nSPS) is 13.8. The van der Waals surface area contributed by atoms with Crippen molar-refractivity contribution < 1.29 is 19.1 Å². The Morgan fingerprint density at radius 3 is 2.41 bits per heavy atom. The lowest BCUT2D eigenvalue weighted by Crippen LogP contribution is -2.50. The molecule has 9 heteroatoms. The lowest BCUT2D eigenvalue weighted by molar-refractivity contribution is -0.150. The van der Waals surface area contributed by atoms with E-state index in [-0.39, 0.29) is 18.3 Å². The Morgan fingerprint density at radius 2 is 1.76 bits per heavy atom. The van der Waals surface area contributed by atoms with Crippen LogP contribution in [0.4, 0.5) is 5.95 Å². The van der Waals surface area contributed by atoms with Gasteiger partial charge in [0.15, 0.2) is 6.61 Å². The van der Waals surface area contributed by atoms with Crippen LogP contribution >= 0.6 is 11.8 Å². The van der Waals surface area contributed by atoms with Crippen molar-refractivity contribution in [3.05, 3.63) is 42.7 Å². The van der Waals surface area contributed by atoms with Gasteiger partial charge in [0.05, 0.1) is 12.4 Å². The lowest BCUT2D eigenvalue weighted by Gasteiger charge is -2.34. The van der Waals surface area contributed by atoms with Crippen LogP contribution in [0.15, 0.2) is 47.6 Å². The summed E-state index contributed by atoms with van der Waals surface area (Å²) in [5, 5.41) is 0. The molecular weight excluding hydrogens is 392 g/mol. The first kappa shape index (κ1) is 20.9. The molecule has 1 aromatic carbocycles. The van der Waals surface area contributed by atoms with Gasteiger partial charge in [0, 0.05) is 43.5 Å². The van der Waals surface area contributed by atoms with E-state index in [1.807, 2.05) is 36.1 Å². The fourth-order valence-corrected chi connectivity index (χ4v) is 3.52. The molecule has 0 N–H and O–H groups in total. The van der Waals surface area contributed by atoms with Gasteiger partial charge in [-0.15, -0.1) is 11.8 Å². The van der Waals surface area contributed by atoms with Crippen molar-refractivity contribution >= 4 is 29.6 Å². The number of rotatable bonds is 8. The van der Waals surface area contributed by atoms with Crippen LogP contribution in [0.3, 0.4) is 0 Å². The zero-order valence-electron chi connectivity index (χ0n) is 16.3. The molecule has 29 heavy (non-hydrogen) atoms. The first-order valence-corrected chi connectivity index (χ1v) is 10.5. The van der Waals surface area contributed by atoms with Crippen LogP contribution in [0.25, 0.3) is 0 Å². The molecule has 1 aliphatic rings. The Bertz CT molecular complexity index is 796. The van der Waals surface area contributed by atoms with Gasteiger partial charge >= 0.3 is 5.97 Å². The summed E-state index contributed by atoms with van der Waals surface area (Å²) in [4.78, 5) is 37.4. The smallest absolute Gasteiger partial charge is 0.316 e. The minimum atomic E-state index is -0.409. The van der Waals surface area contributed by atoms with E-state index < -0.39 is 5.97 Å². The van der Waals surface area contributed by atoms with Crippen molar-refractivity contribution in [2.75, 3.05) is 50.0 Å². The van der Waals surface area contributed by atoms with Crippen LogP contribution in [-0.4, -0.2) is 71.9 Å². The largest absolute Gasteiger partial charge is 0.494 e. The molecule has 3 rings (SSSR count). The highest BCUT2D eigenvalue weighted by Gasteiger charge is 2.23. The van der Waals surface area contributed by atoms with Gasteiger partial charge in [0.2, 0.25) is 5.95 Å². The van der Waals surface area contributed by atoms with Gasteiger partial charge < -0.3 is 19.3 Å². The van der Waals surface area contributed by atoms with E-state index in [0.29, 0.717) is 38.7 Å². The molecule has 0 radical (unpaired) electrons. The number of thioether (sulfide) groups is 1. The first-order chi connectivity index (χ1) is 14.2. The van der Waals surface area contributed by atoms with Crippen molar-refractivity contribution in [2.45, 2.75) is 11.8 Å². The molecule has 0 atom stereocenters. The zero-order chi connectivity index (χ0) is 20.5. The lowest BCUT2D eigenvalue weighted by atomic mass is 10.3. The highest BCUT2D eigenvalue weighted by Crippen LogP contribution is 2.21. The van der Waals surface area contributed by atoms with Gasteiger partial charge in [0.25, 0.3) is 5.91 Å². The van der Waals surface area contributed by atoms with E-state index in [1.54, 1.807) is 23.4 Å². The number of benzene rings is 1. The molecule has 2 aromatic rings. The van der Waals surface area contributed by atoms with Crippen LogP contribution < -0.4 is 9.64 Å². The minimum Gasteiger partial charge on any atom is -0.494 e. The fourth-order valence-electron chi connectivity index (χ4n) is 2.83. The number of hydrogen-bond acceptors (Lipinski definition) is 8. The molecule has 1 fully saturated rings. The number of piperazine rings is 1. The fraction of sp³-hybridized carbons (Fsp3) is 0.400. The topological polar surface area (TPSA) is 84.9 Å². The Morgan fingerprint density at radius 1 is 1.07 bits per heavy atom. The molecule has 0 spiro atoms. The van der Waals surface area contributed by atoms with Gasteiger partial charge in [-0.05, 0) is 37.3 Å². The van der Waals surface area contributed by atoms with Crippen LogP contribution in [0.5, 0.6) is 5.75 Å². The average molecular weight is 417 g/mol. The second kappa shape index (κ2) is 10.7. The van der Waals surface area contributed by atoms with Crippen LogP contribution in [-0.2, 0) is 14.3 Å². The maximum absolute atomic E-state index is 12.3. The monoisotopic (exact) mass is 416 g/mol. The molecule has 0 aliphatic carbocycles. The molecule has 0 unspecified atom stereocenters. The molecule has 2 heterocycles. The summed E-state index contributed by atoms with van der Waals surface area (Å²) in [7, 11) is 0. The molecule has 154 valence electrons. The van der Waals surface area contributed by atoms with Crippen LogP contribution in [0.1, 0.15) is 6.92 Å².